The molecule has 3 nitrogen and oxygen atoms in total. The summed E-state index contributed by atoms with van der Waals surface area (Å²) in [7, 11) is 0. The van der Waals surface area contributed by atoms with Gasteiger partial charge in [0.05, 0.1) is 0 Å². The van der Waals surface area contributed by atoms with Gasteiger partial charge in [0.1, 0.15) is 0 Å². The second-order valence-corrected chi connectivity index (χ2v) is 8.21. The predicted octanol–water partition coefficient (Wildman–Crippen LogP) is 4.66. The number of hydrogen-bond acceptors (Lipinski definition) is 3. The van der Waals surface area contributed by atoms with Gasteiger partial charge in [-0.25, -0.2) is 0 Å². The standard InChI is InChI=1S/C24H26N2OS/c1-28-18-19-6-4-9-21(16-19)24(27)26-14-12-25(13-15-26)17-22-10-5-8-20-7-2-3-11-23(20)22/h2-11,16H,12-15,17-18H2,1H3. The van der Waals surface area contributed by atoms with Crippen molar-refractivity contribution in [2.75, 3.05) is 32.4 Å². The van der Waals surface area contributed by atoms with Crippen LogP contribution in [0.15, 0.2) is 66.7 Å². The Balaban J connectivity index is 1.39. The summed E-state index contributed by atoms with van der Waals surface area (Å²) in [5, 5.41) is 2.62. The zero-order valence-electron chi connectivity index (χ0n) is 16.3. The highest BCUT2D eigenvalue weighted by Gasteiger charge is 2.22. The van der Waals surface area contributed by atoms with Crippen molar-refractivity contribution in [2.45, 2.75) is 12.3 Å². The van der Waals surface area contributed by atoms with Gasteiger partial charge in [-0.3, -0.25) is 9.69 Å². The third-order valence-electron chi connectivity index (χ3n) is 5.42. The minimum absolute atomic E-state index is 0.160. The number of thioether (sulfide) groups is 1. The van der Waals surface area contributed by atoms with Crippen molar-refractivity contribution in [1.29, 1.82) is 0 Å². The minimum atomic E-state index is 0.160. The summed E-state index contributed by atoms with van der Waals surface area (Å²) in [6.45, 7) is 4.35. The Labute approximate surface area is 171 Å². The molecule has 0 aliphatic carbocycles. The molecule has 1 saturated heterocycles. The monoisotopic (exact) mass is 390 g/mol. The van der Waals surface area contributed by atoms with Crippen LogP contribution in [0.5, 0.6) is 0 Å². The van der Waals surface area contributed by atoms with Crippen molar-refractivity contribution in [3.8, 4) is 0 Å². The molecule has 4 heteroatoms. The fourth-order valence-electron chi connectivity index (χ4n) is 3.92. The number of rotatable bonds is 5. The number of amides is 1. The molecule has 0 saturated carbocycles. The quantitative estimate of drug-likeness (QED) is 0.633. The van der Waals surface area contributed by atoms with Crippen LogP contribution in [0.4, 0.5) is 0 Å². The molecular formula is C24H26N2OS. The van der Waals surface area contributed by atoms with Gasteiger partial charge in [-0.05, 0) is 40.3 Å². The summed E-state index contributed by atoms with van der Waals surface area (Å²) >= 11 is 1.78. The van der Waals surface area contributed by atoms with E-state index in [0.717, 1.165) is 44.0 Å². The Bertz CT molecular complexity index is 958. The lowest BCUT2D eigenvalue weighted by atomic mass is 10.0. The van der Waals surface area contributed by atoms with Crippen LogP contribution in [-0.4, -0.2) is 48.1 Å². The molecule has 0 radical (unpaired) electrons. The van der Waals surface area contributed by atoms with E-state index in [0.29, 0.717) is 0 Å². The molecule has 144 valence electrons. The maximum absolute atomic E-state index is 12.9. The highest BCUT2D eigenvalue weighted by molar-refractivity contribution is 7.97. The number of hydrogen-bond donors (Lipinski definition) is 0. The fraction of sp³-hybridized carbons (Fsp3) is 0.292. The first-order valence-corrected chi connectivity index (χ1v) is 11.2. The number of carbonyl (C=O) groups is 1. The maximum atomic E-state index is 12.9. The molecule has 0 N–H and O–H groups in total. The van der Waals surface area contributed by atoms with Gasteiger partial charge < -0.3 is 4.90 Å². The minimum Gasteiger partial charge on any atom is -0.336 e. The third-order valence-corrected chi connectivity index (χ3v) is 6.04. The SMILES string of the molecule is CSCc1cccc(C(=O)N2CCN(Cc3cccc4ccccc34)CC2)c1. The molecule has 0 aromatic heterocycles. The van der Waals surface area contributed by atoms with Crippen LogP contribution in [-0.2, 0) is 12.3 Å². The molecule has 1 amide bonds. The molecule has 0 bridgehead atoms. The number of benzene rings is 3. The number of fused-ring (bicyclic) bond motifs is 1. The van der Waals surface area contributed by atoms with Crippen molar-refractivity contribution in [1.82, 2.24) is 9.80 Å². The second kappa shape index (κ2) is 8.80. The lowest BCUT2D eigenvalue weighted by molar-refractivity contribution is 0.0629. The summed E-state index contributed by atoms with van der Waals surface area (Å²) < 4.78 is 0. The van der Waals surface area contributed by atoms with E-state index in [-0.39, 0.29) is 5.91 Å². The normalized spacial score (nSPS) is 15.1. The molecular weight excluding hydrogens is 364 g/mol. The Morgan fingerprint density at radius 1 is 0.929 bits per heavy atom. The van der Waals surface area contributed by atoms with Crippen molar-refractivity contribution in [2.24, 2.45) is 0 Å². The molecule has 0 atom stereocenters. The van der Waals surface area contributed by atoms with Gasteiger partial charge in [0.15, 0.2) is 0 Å². The molecule has 4 rings (SSSR count). The van der Waals surface area contributed by atoms with Crippen LogP contribution in [0.25, 0.3) is 10.8 Å². The molecule has 0 unspecified atom stereocenters. The summed E-state index contributed by atoms with van der Waals surface area (Å²) in [4.78, 5) is 17.3. The first-order valence-electron chi connectivity index (χ1n) is 9.81. The first-order chi connectivity index (χ1) is 13.7. The first kappa shape index (κ1) is 19.0. The largest absolute Gasteiger partial charge is 0.336 e. The van der Waals surface area contributed by atoms with Crippen LogP contribution in [0, 0.1) is 0 Å². The Morgan fingerprint density at radius 3 is 2.50 bits per heavy atom. The van der Waals surface area contributed by atoms with Crippen LogP contribution < -0.4 is 0 Å². The van der Waals surface area contributed by atoms with Crippen LogP contribution in [0.1, 0.15) is 21.5 Å². The average Bonchev–Trinajstić information content (AvgIpc) is 2.74. The van der Waals surface area contributed by atoms with E-state index < -0.39 is 0 Å². The maximum Gasteiger partial charge on any atom is 0.253 e. The van der Waals surface area contributed by atoms with Gasteiger partial charge in [-0.2, -0.15) is 11.8 Å². The molecule has 3 aromatic rings. The lowest BCUT2D eigenvalue weighted by Gasteiger charge is -2.35. The van der Waals surface area contributed by atoms with E-state index >= 15 is 0 Å². The summed E-state index contributed by atoms with van der Waals surface area (Å²) in [5.41, 5.74) is 3.39. The number of carbonyl (C=O) groups excluding carboxylic acids is 1. The van der Waals surface area contributed by atoms with Gasteiger partial charge in [-0.1, -0.05) is 54.6 Å². The molecule has 1 aliphatic heterocycles. The molecule has 3 aromatic carbocycles. The second-order valence-electron chi connectivity index (χ2n) is 7.34. The third kappa shape index (κ3) is 4.23. The van der Waals surface area contributed by atoms with Crippen LogP contribution in [0.3, 0.4) is 0 Å². The lowest BCUT2D eigenvalue weighted by Crippen LogP contribution is -2.48. The molecule has 1 fully saturated rings. The Morgan fingerprint density at radius 2 is 1.68 bits per heavy atom. The van der Waals surface area contributed by atoms with Crippen LogP contribution in [0.2, 0.25) is 0 Å². The number of piperazine rings is 1. The predicted molar refractivity (Wildman–Crippen MR) is 119 cm³/mol. The molecule has 1 heterocycles. The zero-order chi connectivity index (χ0) is 19.3. The average molecular weight is 391 g/mol. The van der Waals surface area contributed by atoms with Gasteiger partial charge in [0.25, 0.3) is 5.91 Å². The summed E-state index contributed by atoms with van der Waals surface area (Å²) in [6.07, 6.45) is 2.09. The Kier molecular flexibility index (Phi) is 5.98. The van der Waals surface area contributed by atoms with Crippen LogP contribution >= 0.6 is 11.8 Å². The highest BCUT2D eigenvalue weighted by atomic mass is 32.2. The van der Waals surface area contributed by atoms with Crippen molar-refractivity contribution >= 4 is 28.4 Å². The van der Waals surface area contributed by atoms with E-state index in [2.05, 4.69) is 59.7 Å². The topological polar surface area (TPSA) is 23.6 Å². The van der Waals surface area contributed by atoms with Crippen molar-refractivity contribution in [3.63, 3.8) is 0 Å². The van der Waals surface area contributed by atoms with E-state index in [1.807, 2.05) is 23.1 Å². The van der Waals surface area contributed by atoms with E-state index in [1.165, 1.54) is 21.9 Å². The molecule has 28 heavy (non-hydrogen) atoms. The van der Waals surface area contributed by atoms with Gasteiger partial charge in [0.2, 0.25) is 0 Å². The van der Waals surface area contributed by atoms with Crippen molar-refractivity contribution in [3.05, 3.63) is 83.4 Å². The zero-order valence-corrected chi connectivity index (χ0v) is 17.1. The van der Waals surface area contributed by atoms with Gasteiger partial charge in [-0.15, -0.1) is 0 Å². The highest BCUT2D eigenvalue weighted by Crippen LogP contribution is 2.21. The van der Waals surface area contributed by atoms with E-state index in [1.54, 1.807) is 11.8 Å². The molecule has 0 spiro atoms. The van der Waals surface area contributed by atoms with Gasteiger partial charge in [0, 0.05) is 44.0 Å². The number of nitrogens with zero attached hydrogens (tertiary/aromatic N) is 2. The van der Waals surface area contributed by atoms with Crippen molar-refractivity contribution < 1.29 is 4.79 Å². The fourth-order valence-corrected chi connectivity index (χ4v) is 4.44. The Hall–Kier alpha value is -2.30. The summed E-state index contributed by atoms with van der Waals surface area (Å²) in [5.74, 6) is 1.10. The van der Waals surface area contributed by atoms with E-state index in [9.17, 15) is 4.79 Å². The smallest absolute Gasteiger partial charge is 0.253 e. The summed E-state index contributed by atoms with van der Waals surface area (Å²) in [6, 6.07) is 23.2. The molecule has 1 aliphatic rings. The van der Waals surface area contributed by atoms with Gasteiger partial charge >= 0.3 is 0 Å². The van der Waals surface area contributed by atoms with E-state index in [4.69, 9.17) is 0 Å².